The molecule has 6 heteroatoms. The van der Waals surface area contributed by atoms with Crippen molar-refractivity contribution in [1.29, 1.82) is 0 Å². The Hall–Kier alpha value is -3.51. The summed E-state index contributed by atoms with van der Waals surface area (Å²) < 4.78 is 0. The number of aromatic nitrogens is 3. The zero-order valence-corrected chi connectivity index (χ0v) is 16.3. The maximum atomic E-state index is 12.3. The fourth-order valence-electron chi connectivity index (χ4n) is 2.77. The third kappa shape index (κ3) is 5.06. The molecule has 0 radical (unpaired) electrons. The van der Waals surface area contributed by atoms with E-state index in [4.69, 9.17) is 0 Å². The van der Waals surface area contributed by atoms with Crippen molar-refractivity contribution in [3.05, 3.63) is 91.3 Å². The summed E-state index contributed by atoms with van der Waals surface area (Å²) in [4.78, 5) is 25.6. The molecule has 0 spiro atoms. The highest BCUT2D eigenvalue weighted by atomic mass is 32.2. The van der Waals surface area contributed by atoms with Crippen molar-refractivity contribution in [2.45, 2.75) is 5.16 Å². The molecule has 4 rings (SSSR count). The summed E-state index contributed by atoms with van der Waals surface area (Å²) in [6.45, 7) is 0. The Kier molecular flexibility index (Phi) is 5.92. The van der Waals surface area contributed by atoms with Crippen LogP contribution in [0.4, 0.5) is 5.69 Å². The van der Waals surface area contributed by atoms with Crippen LogP contribution in [0.2, 0.25) is 0 Å². The van der Waals surface area contributed by atoms with Gasteiger partial charge in [0.2, 0.25) is 5.91 Å². The van der Waals surface area contributed by atoms with Crippen molar-refractivity contribution in [1.82, 2.24) is 15.0 Å². The smallest absolute Gasteiger partial charge is 0.234 e. The standard InChI is InChI=1S/C23H18N4OS/c28-22(25-19-11-13-24-14-12-19)16-29-23-26-20(17-7-3-1-4-8-17)15-21(27-23)18-9-5-2-6-10-18/h1-15H,16H2,(H,24,25,28). The van der Waals surface area contributed by atoms with Crippen LogP contribution in [-0.4, -0.2) is 26.6 Å². The fourth-order valence-corrected chi connectivity index (χ4v) is 3.42. The Bertz CT molecular complexity index is 1030. The lowest BCUT2D eigenvalue weighted by Gasteiger charge is -2.09. The molecule has 5 nitrogen and oxygen atoms in total. The topological polar surface area (TPSA) is 67.8 Å². The fraction of sp³-hybridized carbons (Fsp3) is 0.0435. The number of carbonyl (C=O) groups is 1. The lowest BCUT2D eigenvalue weighted by molar-refractivity contribution is -0.113. The quantitative estimate of drug-likeness (QED) is 0.368. The van der Waals surface area contributed by atoms with Crippen molar-refractivity contribution < 1.29 is 4.79 Å². The van der Waals surface area contributed by atoms with Crippen LogP contribution in [0.1, 0.15) is 0 Å². The summed E-state index contributed by atoms with van der Waals surface area (Å²) in [7, 11) is 0. The summed E-state index contributed by atoms with van der Waals surface area (Å²) in [6, 6.07) is 25.4. The van der Waals surface area contributed by atoms with Crippen LogP contribution in [0.25, 0.3) is 22.5 Å². The molecule has 1 amide bonds. The van der Waals surface area contributed by atoms with Gasteiger partial charge in [-0.25, -0.2) is 9.97 Å². The minimum atomic E-state index is -0.115. The molecule has 4 aromatic rings. The zero-order chi connectivity index (χ0) is 19.9. The number of benzene rings is 2. The number of nitrogens with one attached hydrogen (secondary N) is 1. The molecule has 0 aliphatic carbocycles. The molecule has 0 unspecified atom stereocenters. The van der Waals surface area contributed by atoms with Gasteiger partial charge in [-0.05, 0) is 18.2 Å². The number of thioether (sulfide) groups is 1. The van der Waals surface area contributed by atoms with Gasteiger partial charge in [0.25, 0.3) is 0 Å². The van der Waals surface area contributed by atoms with Gasteiger partial charge in [0.05, 0.1) is 17.1 Å². The molecule has 1 N–H and O–H groups in total. The van der Waals surface area contributed by atoms with E-state index in [2.05, 4.69) is 20.3 Å². The summed E-state index contributed by atoms with van der Waals surface area (Å²) in [5.74, 6) is 0.102. The first-order valence-corrected chi connectivity index (χ1v) is 10.1. The summed E-state index contributed by atoms with van der Waals surface area (Å²) in [6.07, 6.45) is 3.28. The first kappa shape index (κ1) is 18.8. The van der Waals surface area contributed by atoms with Gasteiger partial charge in [0.1, 0.15) is 0 Å². The number of hydrogen-bond donors (Lipinski definition) is 1. The van der Waals surface area contributed by atoms with Crippen LogP contribution in [0.5, 0.6) is 0 Å². The van der Waals surface area contributed by atoms with E-state index in [1.807, 2.05) is 66.7 Å². The summed E-state index contributed by atoms with van der Waals surface area (Å²) >= 11 is 1.32. The van der Waals surface area contributed by atoms with E-state index in [9.17, 15) is 4.79 Å². The Morgan fingerprint density at radius 3 is 1.90 bits per heavy atom. The number of hydrogen-bond acceptors (Lipinski definition) is 5. The second-order valence-electron chi connectivity index (χ2n) is 6.23. The van der Waals surface area contributed by atoms with Gasteiger partial charge in [-0.2, -0.15) is 0 Å². The SMILES string of the molecule is O=C(CSc1nc(-c2ccccc2)cc(-c2ccccc2)n1)Nc1ccncc1. The molecular formula is C23H18N4OS. The second-order valence-corrected chi connectivity index (χ2v) is 7.17. The highest BCUT2D eigenvalue weighted by Crippen LogP contribution is 2.26. The zero-order valence-electron chi connectivity index (χ0n) is 15.5. The summed E-state index contributed by atoms with van der Waals surface area (Å²) in [5.41, 5.74) is 4.40. The largest absolute Gasteiger partial charge is 0.325 e. The van der Waals surface area contributed by atoms with Crippen molar-refractivity contribution in [2.24, 2.45) is 0 Å². The Morgan fingerprint density at radius 2 is 1.34 bits per heavy atom. The molecule has 0 atom stereocenters. The van der Waals surface area contributed by atoms with Gasteiger partial charge < -0.3 is 5.32 Å². The Labute approximate surface area is 173 Å². The highest BCUT2D eigenvalue weighted by molar-refractivity contribution is 7.99. The lowest BCUT2D eigenvalue weighted by atomic mass is 10.1. The highest BCUT2D eigenvalue weighted by Gasteiger charge is 2.11. The van der Waals surface area contributed by atoms with Crippen LogP contribution in [0.3, 0.4) is 0 Å². The maximum absolute atomic E-state index is 12.3. The molecule has 2 aromatic heterocycles. The second kappa shape index (κ2) is 9.12. The average molecular weight is 398 g/mol. The van der Waals surface area contributed by atoms with E-state index in [0.717, 1.165) is 28.2 Å². The van der Waals surface area contributed by atoms with Crippen molar-refractivity contribution in [3.63, 3.8) is 0 Å². The molecule has 0 bridgehead atoms. The molecule has 2 aromatic carbocycles. The van der Waals surface area contributed by atoms with E-state index in [1.54, 1.807) is 24.5 Å². The van der Waals surface area contributed by atoms with Crippen LogP contribution in [0, 0.1) is 0 Å². The van der Waals surface area contributed by atoms with Gasteiger partial charge in [0.15, 0.2) is 5.16 Å². The molecule has 0 saturated heterocycles. The average Bonchev–Trinajstić information content (AvgIpc) is 2.79. The van der Waals surface area contributed by atoms with E-state index in [0.29, 0.717) is 5.16 Å². The molecule has 2 heterocycles. The van der Waals surface area contributed by atoms with Gasteiger partial charge >= 0.3 is 0 Å². The van der Waals surface area contributed by atoms with Crippen molar-refractivity contribution >= 4 is 23.4 Å². The maximum Gasteiger partial charge on any atom is 0.234 e. The normalized spacial score (nSPS) is 10.5. The number of rotatable bonds is 6. The molecular weight excluding hydrogens is 380 g/mol. The van der Waals surface area contributed by atoms with E-state index < -0.39 is 0 Å². The minimum absolute atomic E-state index is 0.115. The van der Waals surface area contributed by atoms with Crippen molar-refractivity contribution in [3.8, 4) is 22.5 Å². The Balaban J connectivity index is 1.58. The molecule has 0 aliphatic rings. The molecule has 29 heavy (non-hydrogen) atoms. The van der Waals surface area contributed by atoms with E-state index in [-0.39, 0.29) is 11.7 Å². The van der Waals surface area contributed by atoms with Crippen LogP contribution >= 0.6 is 11.8 Å². The third-order valence-corrected chi connectivity index (χ3v) is 4.99. The number of nitrogens with zero attached hydrogens (tertiary/aromatic N) is 3. The molecule has 0 saturated carbocycles. The number of carbonyl (C=O) groups excluding carboxylic acids is 1. The number of anilines is 1. The van der Waals surface area contributed by atoms with Gasteiger partial charge in [-0.1, -0.05) is 72.4 Å². The molecule has 0 aliphatic heterocycles. The first-order valence-electron chi connectivity index (χ1n) is 9.10. The predicted octanol–water partition coefficient (Wildman–Crippen LogP) is 4.94. The number of pyridine rings is 1. The molecule has 0 fully saturated rings. The molecule has 142 valence electrons. The lowest BCUT2D eigenvalue weighted by Crippen LogP contribution is -2.14. The van der Waals surface area contributed by atoms with Crippen LogP contribution in [-0.2, 0) is 4.79 Å². The van der Waals surface area contributed by atoms with E-state index >= 15 is 0 Å². The Morgan fingerprint density at radius 1 is 0.793 bits per heavy atom. The summed E-state index contributed by atoms with van der Waals surface area (Å²) in [5, 5.41) is 3.41. The van der Waals surface area contributed by atoms with E-state index in [1.165, 1.54) is 11.8 Å². The van der Waals surface area contributed by atoms with Crippen molar-refractivity contribution in [2.75, 3.05) is 11.1 Å². The minimum Gasteiger partial charge on any atom is -0.325 e. The first-order chi connectivity index (χ1) is 14.3. The monoisotopic (exact) mass is 398 g/mol. The van der Waals surface area contributed by atoms with Gasteiger partial charge in [0, 0.05) is 29.2 Å². The van der Waals surface area contributed by atoms with Gasteiger partial charge in [-0.3, -0.25) is 9.78 Å². The van der Waals surface area contributed by atoms with Gasteiger partial charge in [-0.15, -0.1) is 0 Å². The van der Waals surface area contributed by atoms with Crippen LogP contribution in [0.15, 0.2) is 96.4 Å². The number of amides is 1. The predicted molar refractivity (Wildman–Crippen MR) is 116 cm³/mol. The van der Waals surface area contributed by atoms with Crippen LogP contribution < -0.4 is 5.32 Å². The third-order valence-electron chi connectivity index (χ3n) is 4.14.